The first kappa shape index (κ1) is 20.7. The number of nitrogens with zero attached hydrogens (tertiary/aromatic N) is 2. The van der Waals surface area contributed by atoms with E-state index in [9.17, 15) is 18.0 Å². The van der Waals surface area contributed by atoms with Crippen molar-refractivity contribution in [1.82, 2.24) is 9.21 Å². The Bertz CT molecular complexity index is 716. The second-order valence-corrected chi connectivity index (χ2v) is 9.07. The van der Waals surface area contributed by atoms with Gasteiger partial charge in [0, 0.05) is 26.2 Å². The van der Waals surface area contributed by atoms with Crippen molar-refractivity contribution in [2.24, 2.45) is 0 Å². The second-order valence-electron chi connectivity index (χ2n) is 5.80. The first-order chi connectivity index (χ1) is 12.4. The molecule has 0 bridgehead atoms. The van der Waals surface area contributed by atoms with Gasteiger partial charge in [0.1, 0.15) is 0 Å². The quantitative estimate of drug-likeness (QED) is 0.640. The van der Waals surface area contributed by atoms with Crippen LogP contribution in [0, 0.1) is 0 Å². The molecule has 1 aliphatic heterocycles. The van der Waals surface area contributed by atoms with Gasteiger partial charge in [-0.3, -0.25) is 9.59 Å². The summed E-state index contributed by atoms with van der Waals surface area (Å²) in [5, 5.41) is -0.378. The van der Waals surface area contributed by atoms with Crippen molar-refractivity contribution in [1.29, 1.82) is 0 Å². The van der Waals surface area contributed by atoms with Gasteiger partial charge in [0.15, 0.2) is 0 Å². The third-order valence-corrected chi connectivity index (χ3v) is 7.05. The standard InChI is InChI=1S/C17H24N2O5S2/c1-3-24-16(20)13-25-14(2)17(21)18-9-11-19(12-10-18)26(22,23)15-7-5-4-6-8-15/h4-8,14H,3,9-13H2,1-2H3/t14-/m0/s1. The third kappa shape index (κ3) is 5.21. The average Bonchev–Trinajstić information content (AvgIpc) is 2.66. The van der Waals surface area contributed by atoms with Crippen LogP contribution in [0.5, 0.6) is 0 Å². The lowest BCUT2D eigenvalue weighted by atomic mass is 10.3. The van der Waals surface area contributed by atoms with Crippen LogP contribution in [0.2, 0.25) is 0 Å². The molecular formula is C17H24N2O5S2. The highest BCUT2D eigenvalue weighted by Crippen LogP contribution is 2.19. The summed E-state index contributed by atoms with van der Waals surface area (Å²) in [7, 11) is -3.53. The fourth-order valence-electron chi connectivity index (χ4n) is 2.61. The maximum Gasteiger partial charge on any atom is 0.315 e. The first-order valence-electron chi connectivity index (χ1n) is 8.47. The summed E-state index contributed by atoms with van der Waals surface area (Å²) >= 11 is 1.23. The average molecular weight is 401 g/mol. The van der Waals surface area contributed by atoms with E-state index in [0.29, 0.717) is 19.7 Å². The van der Waals surface area contributed by atoms with Crippen LogP contribution in [-0.2, 0) is 24.3 Å². The van der Waals surface area contributed by atoms with Crippen LogP contribution in [-0.4, -0.2) is 73.3 Å². The summed E-state index contributed by atoms with van der Waals surface area (Å²) in [6, 6.07) is 8.29. The number of benzene rings is 1. The fourth-order valence-corrected chi connectivity index (χ4v) is 4.82. The van der Waals surface area contributed by atoms with E-state index in [1.807, 2.05) is 0 Å². The van der Waals surface area contributed by atoms with Crippen molar-refractivity contribution in [3.8, 4) is 0 Å². The van der Waals surface area contributed by atoms with Crippen molar-refractivity contribution < 1.29 is 22.7 Å². The zero-order valence-electron chi connectivity index (χ0n) is 15.0. The third-order valence-electron chi connectivity index (χ3n) is 4.04. The van der Waals surface area contributed by atoms with Gasteiger partial charge in [0.25, 0.3) is 0 Å². The first-order valence-corrected chi connectivity index (χ1v) is 11.0. The number of rotatable bonds is 7. The van der Waals surface area contributed by atoms with E-state index in [-0.39, 0.29) is 40.9 Å². The molecule has 2 rings (SSSR count). The minimum absolute atomic E-state index is 0.0870. The largest absolute Gasteiger partial charge is 0.465 e. The van der Waals surface area contributed by atoms with Gasteiger partial charge in [0.2, 0.25) is 15.9 Å². The van der Waals surface area contributed by atoms with Crippen molar-refractivity contribution in [2.45, 2.75) is 24.0 Å². The lowest BCUT2D eigenvalue weighted by molar-refractivity contribution is -0.139. The van der Waals surface area contributed by atoms with Crippen LogP contribution in [0.4, 0.5) is 0 Å². The van der Waals surface area contributed by atoms with Crippen LogP contribution in [0.1, 0.15) is 13.8 Å². The maximum atomic E-state index is 12.6. The molecule has 26 heavy (non-hydrogen) atoms. The van der Waals surface area contributed by atoms with Gasteiger partial charge in [-0.15, -0.1) is 11.8 Å². The number of carbonyl (C=O) groups excluding carboxylic acids is 2. The molecule has 1 heterocycles. The van der Waals surface area contributed by atoms with Crippen LogP contribution in [0.15, 0.2) is 35.2 Å². The molecule has 0 unspecified atom stereocenters. The van der Waals surface area contributed by atoms with Gasteiger partial charge in [-0.05, 0) is 26.0 Å². The van der Waals surface area contributed by atoms with E-state index >= 15 is 0 Å². The number of ether oxygens (including phenoxy) is 1. The highest BCUT2D eigenvalue weighted by atomic mass is 32.2. The Morgan fingerprint density at radius 1 is 1.15 bits per heavy atom. The molecule has 7 nitrogen and oxygen atoms in total. The van der Waals surface area contributed by atoms with Crippen molar-refractivity contribution in [3.63, 3.8) is 0 Å². The Balaban J connectivity index is 1.87. The molecule has 1 atom stereocenters. The number of esters is 1. The molecule has 9 heteroatoms. The number of piperazine rings is 1. The van der Waals surface area contributed by atoms with Gasteiger partial charge in [-0.1, -0.05) is 18.2 Å². The molecule has 1 aliphatic rings. The predicted molar refractivity (Wildman–Crippen MR) is 100 cm³/mol. The van der Waals surface area contributed by atoms with Crippen molar-refractivity contribution in [2.75, 3.05) is 38.5 Å². The van der Waals surface area contributed by atoms with E-state index in [4.69, 9.17) is 4.74 Å². The summed E-state index contributed by atoms with van der Waals surface area (Å²) in [6.07, 6.45) is 0. The monoisotopic (exact) mass is 400 g/mol. The topological polar surface area (TPSA) is 84.0 Å². The molecule has 0 saturated carbocycles. The zero-order valence-corrected chi connectivity index (χ0v) is 16.6. The second kappa shape index (κ2) is 9.38. The van der Waals surface area contributed by atoms with Crippen LogP contribution < -0.4 is 0 Å². The van der Waals surface area contributed by atoms with E-state index < -0.39 is 10.0 Å². The molecule has 1 amide bonds. The molecule has 0 spiro atoms. The van der Waals surface area contributed by atoms with Gasteiger partial charge in [-0.2, -0.15) is 4.31 Å². The molecule has 1 saturated heterocycles. The number of sulfonamides is 1. The molecular weight excluding hydrogens is 376 g/mol. The molecule has 1 aromatic carbocycles. The number of amides is 1. The number of carbonyl (C=O) groups is 2. The molecule has 0 N–H and O–H groups in total. The Labute approximate surface area is 158 Å². The normalized spacial score (nSPS) is 16.9. The van der Waals surface area contributed by atoms with Crippen LogP contribution >= 0.6 is 11.8 Å². The molecule has 1 fully saturated rings. The maximum absolute atomic E-state index is 12.6. The van der Waals surface area contributed by atoms with Crippen molar-refractivity contribution in [3.05, 3.63) is 30.3 Å². The zero-order chi connectivity index (χ0) is 19.2. The molecule has 0 aliphatic carbocycles. The highest BCUT2D eigenvalue weighted by Gasteiger charge is 2.31. The van der Waals surface area contributed by atoms with Gasteiger partial charge < -0.3 is 9.64 Å². The minimum atomic E-state index is -3.53. The Morgan fingerprint density at radius 2 is 1.77 bits per heavy atom. The van der Waals surface area contributed by atoms with Gasteiger partial charge in [0.05, 0.1) is 22.5 Å². The highest BCUT2D eigenvalue weighted by molar-refractivity contribution is 8.01. The summed E-state index contributed by atoms with van der Waals surface area (Å²) in [6.45, 7) is 5.01. The summed E-state index contributed by atoms with van der Waals surface area (Å²) in [5.74, 6) is -0.296. The van der Waals surface area contributed by atoms with E-state index in [2.05, 4.69) is 0 Å². The van der Waals surface area contributed by atoms with Crippen LogP contribution in [0.3, 0.4) is 0 Å². The molecule has 0 aromatic heterocycles. The van der Waals surface area contributed by atoms with Gasteiger partial charge >= 0.3 is 5.97 Å². The summed E-state index contributed by atoms with van der Waals surface area (Å²) < 4.78 is 31.5. The fraction of sp³-hybridized carbons (Fsp3) is 0.529. The number of hydrogen-bond acceptors (Lipinski definition) is 6. The van der Waals surface area contributed by atoms with E-state index in [1.165, 1.54) is 16.1 Å². The smallest absolute Gasteiger partial charge is 0.315 e. The number of thioether (sulfide) groups is 1. The van der Waals surface area contributed by atoms with Crippen molar-refractivity contribution >= 4 is 33.7 Å². The van der Waals surface area contributed by atoms with E-state index in [1.54, 1.807) is 49.1 Å². The summed E-state index contributed by atoms with van der Waals surface area (Å²) in [4.78, 5) is 25.8. The Kier molecular flexibility index (Phi) is 7.48. The lowest BCUT2D eigenvalue weighted by Gasteiger charge is -2.35. The van der Waals surface area contributed by atoms with E-state index in [0.717, 1.165) is 0 Å². The number of hydrogen-bond donors (Lipinski definition) is 0. The molecule has 144 valence electrons. The lowest BCUT2D eigenvalue weighted by Crippen LogP contribution is -2.52. The Hall–Kier alpha value is -1.58. The molecule has 1 aromatic rings. The summed E-state index contributed by atoms with van der Waals surface area (Å²) in [5.41, 5.74) is 0. The van der Waals surface area contributed by atoms with Gasteiger partial charge in [-0.25, -0.2) is 8.42 Å². The van der Waals surface area contributed by atoms with Crippen LogP contribution in [0.25, 0.3) is 0 Å². The Morgan fingerprint density at radius 3 is 2.35 bits per heavy atom. The molecule has 0 radical (unpaired) electrons. The minimum Gasteiger partial charge on any atom is -0.465 e. The SMILES string of the molecule is CCOC(=O)CS[C@@H](C)C(=O)N1CCN(S(=O)(=O)c2ccccc2)CC1. The predicted octanol–water partition coefficient (Wildman–Crippen LogP) is 1.20.